The highest BCUT2D eigenvalue weighted by molar-refractivity contribution is 7.89. The predicted octanol–water partition coefficient (Wildman–Crippen LogP) is 1.16. The Morgan fingerprint density at radius 1 is 0.941 bits per heavy atom. The minimum absolute atomic E-state index is 0.0894. The number of nitrogen functional groups attached to an aromatic ring is 1. The molecule has 12 heteroatoms. The van der Waals surface area contributed by atoms with Gasteiger partial charge in [0.05, 0.1) is 17.0 Å². The van der Waals surface area contributed by atoms with Crippen LogP contribution in [0.4, 0.5) is 5.69 Å². The number of benzene rings is 2. The van der Waals surface area contributed by atoms with Crippen molar-refractivity contribution >= 4 is 45.0 Å². The molecule has 0 radical (unpaired) electrons. The molecule has 0 bridgehead atoms. The molecule has 0 aromatic heterocycles. The molecule has 0 heterocycles. The lowest BCUT2D eigenvalue weighted by Crippen LogP contribution is -2.54. The molecule has 7 N–H and O–H groups in total. The minimum Gasteiger partial charge on any atom is -0.398 e. The van der Waals surface area contributed by atoms with Gasteiger partial charge in [0.1, 0.15) is 0 Å². The zero-order valence-electron chi connectivity index (χ0n) is 18.2. The van der Waals surface area contributed by atoms with E-state index >= 15 is 0 Å². The number of anilines is 1. The molecule has 1 fully saturated rings. The van der Waals surface area contributed by atoms with Gasteiger partial charge in [-0.25, -0.2) is 13.6 Å². The van der Waals surface area contributed by atoms with Crippen LogP contribution in [0.15, 0.2) is 47.4 Å². The van der Waals surface area contributed by atoms with E-state index in [0.29, 0.717) is 17.9 Å². The molecule has 182 valence electrons. The minimum atomic E-state index is -3.85. The third kappa shape index (κ3) is 6.69. The topological polar surface area (TPSA) is 173 Å². The molecule has 1 aliphatic carbocycles. The summed E-state index contributed by atoms with van der Waals surface area (Å²) in [5.41, 5.74) is 6.49. The van der Waals surface area contributed by atoms with Crippen LogP contribution < -0.4 is 26.8 Å². The molecule has 34 heavy (non-hydrogen) atoms. The van der Waals surface area contributed by atoms with E-state index in [9.17, 15) is 22.8 Å². The molecule has 2 atom stereocenters. The summed E-state index contributed by atoms with van der Waals surface area (Å²) in [6.07, 6.45) is 3.09. The highest BCUT2D eigenvalue weighted by Gasteiger charge is 2.28. The van der Waals surface area contributed by atoms with Gasteiger partial charge in [-0.2, -0.15) is 0 Å². The van der Waals surface area contributed by atoms with Crippen LogP contribution in [-0.4, -0.2) is 44.8 Å². The second kappa shape index (κ2) is 10.9. The SMILES string of the molecule is Nc1ccc(Cl)cc1C(=O)NCC(=O)NC1CCCCC1NC(=O)c1ccc(S(N)(=O)=O)cc1. The fraction of sp³-hybridized carbons (Fsp3) is 0.318. The Balaban J connectivity index is 1.57. The van der Waals surface area contributed by atoms with Gasteiger partial charge in [0.25, 0.3) is 11.8 Å². The van der Waals surface area contributed by atoms with Crippen LogP contribution in [-0.2, 0) is 14.8 Å². The molecule has 0 aliphatic heterocycles. The summed E-state index contributed by atoms with van der Waals surface area (Å²) >= 11 is 5.90. The van der Waals surface area contributed by atoms with Crippen molar-refractivity contribution in [2.75, 3.05) is 12.3 Å². The molecule has 1 saturated carbocycles. The fourth-order valence-electron chi connectivity index (χ4n) is 3.76. The third-order valence-electron chi connectivity index (χ3n) is 5.54. The van der Waals surface area contributed by atoms with Crippen LogP contribution in [0.5, 0.6) is 0 Å². The zero-order valence-corrected chi connectivity index (χ0v) is 19.8. The van der Waals surface area contributed by atoms with E-state index in [2.05, 4.69) is 16.0 Å². The van der Waals surface area contributed by atoms with Gasteiger partial charge < -0.3 is 21.7 Å². The summed E-state index contributed by atoms with van der Waals surface area (Å²) in [6, 6.07) is 9.14. The first-order valence-electron chi connectivity index (χ1n) is 10.6. The lowest BCUT2D eigenvalue weighted by atomic mass is 9.90. The summed E-state index contributed by atoms with van der Waals surface area (Å²) in [5, 5.41) is 13.7. The standard InChI is InChI=1S/C22H26ClN5O5S/c23-14-7-10-17(24)16(11-14)22(31)26-12-20(29)27-18-3-1-2-4-19(18)28-21(30)13-5-8-15(9-6-13)34(25,32)33/h5-11,18-19H,1-4,12,24H2,(H,26,31)(H,27,29)(H,28,30)(H2,25,32,33). The number of hydrogen-bond acceptors (Lipinski definition) is 6. The maximum atomic E-state index is 12.7. The van der Waals surface area contributed by atoms with Gasteiger partial charge in [0.15, 0.2) is 0 Å². The summed E-state index contributed by atoms with van der Waals surface area (Å²) < 4.78 is 22.8. The van der Waals surface area contributed by atoms with Crippen LogP contribution in [0.2, 0.25) is 5.02 Å². The third-order valence-corrected chi connectivity index (χ3v) is 6.71. The Morgan fingerprint density at radius 3 is 2.18 bits per heavy atom. The smallest absolute Gasteiger partial charge is 0.253 e. The Hall–Kier alpha value is -3.15. The van der Waals surface area contributed by atoms with E-state index in [4.69, 9.17) is 22.5 Å². The number of sulfonamides is 1. The van der Waals surface area contributed by atoms with Gasteiger partial charge in [-0.3, -0.25) is 14.4 Å². The van der Waals surface area contributed by atoms with Crippen molar-refractivity contribution in [3.63, 3.8) is 0 Å². The molecule has 2 unspecified atom stereocenters. The van der Waals surface area contributed by atoms with Gasteiger partial charge in [0, 0.05) is 28.4 Å². The molecule has 3 rings (SSSR count). The van der Waals surface area contributed by atoms with Gasteiger partial charge in [-0.1, -0.05) is 24.4 Å². The molecular weight excluding hydrogens is 482 g/mol. The second-order valence-corrected chi connectivity index (χ2v) is 10.0. The lowest BCUT2D eigenvalue weighted by molar-refractivity contribution is -0.121. The highest BCUT2D eigenvalue weighted by atomic mass is 35.5. The maximum absolute atomic E-state index is 12.7. The van der Waals surface area contributed by atoms with Crippen molar-refractivity contribution in [2.24, 2.45) is 5.14 Å². The molecule has 0 saturated heterocycles. The van der Waals surface area contributed by atoms with Crippen molar-refractivity contribution in [3.05, 3.63) is 58.6 Å². The van der Waals surface area contributed by atoms with E-state index < -0.39 is 27.7 Å². The number of nitrogens with one attached hydrogen (secondary N) is 3. The van der Waals surface area contributed by atoms with Crippen molar-refractivity contribution in [2.45, 2.75) is 42.7 Å². The normalized spacial score (nSPS) is 18.1. The van der Waals surface area contributed by atoms with E-state index in [-0.39, 0.29) is 40.3 Å². The summed E-state index contributed by atoms with van der Waals surface area (Å²) in [4.78, 5) is 37.4. The average molecular weight is 508 g/mol. The Labute approximate surface area is 202 Å². The number of carbonyl (C=O) groups is 3. The Bertz CT molecular complexity index is 1190. The molecule has 1 aliphatic rings. The van der Waals surface area contributed by atoms with E-state index in [1.165, 1.54) is 36.4 Å². The van der Waals surface area contributed by atoms with Crippen molar-refractivity contribution in [1.29, 1.82) is 0 Å². The highest BCUT2D eigenvalue weighted by Crippen LogP contribution is 2.20. The molecule has 0 spiro atoms. The van der Waals surface area contributed by atoms with Crippen LogP contribution in [0, 0.1) is 0 Å². The van der Waals surface area contributed by atoms with Gasteiger partial charge in [-0.15, -0.1) is 0 Å². The van der Waals surface area contributed by atoms with Crippen LogP contribution in [0.3, 0.4) is 0 Å². The van der Waals surface area contributed by atoms with E-state index in [1.807, 2.05) is 0 Å². The van der Waals surface area contributed by atoms with Crippen molar-refractivity contribution in [1.82, 2.24) is 16.0 Å². The molecular formula is C22H26ClN5O5S. The summed E-state index contributed by atoms with van der Waals surface area (Å²) in [5.74, 6) is -1.32. The first-order chi connectivity index (χ1) is 16.0. The largest absolute Gasteiger partial charge is 0.398 e. The molecule has 2 aromatic carbocycles. The van der Waals surface area contributed by atoms with E-state index in [0.717, 1.165) is 12.8 Å². The number of rotatable bonds is 7. The lowest BCUT2D eigenvalue weighted by Gasteiger charge is -2.33. The number of halogens is 1. The summed E-state index contributed by atoms with van der Waals surface area (Å²) in [6.45, 7) is -0.267. The van der Waals surface area contributed by atoms with Crippen LogP contribution >= 0.6 is 11.6 Å². The van der Waals surface area contributed by atoms with Crippen LogP contribution in [0.1, 0.15) is 46.4 Å². The molecule has 10 nitrogen and oxygen atoms in total. The van der Waals surface area contributed by atoms with Gasteiger partial charge in [-0.05, 0) is 55.3 Å². The van der Waals surface area contributed by atoms with E-state index in [1.54, 1.807) is 6.07 Å². The van der Waals surface area contributed by atoms with Crippen LogP contribution in [0.25, 0.3) is 0 Å². The maximum Gasteiger partial charge on any atom is 0.253 e. The van der Waals surface area contributed by atoms with Crippen molar-refractivity contribution < 1.29 is 22.8 Å². The van der Waals surface area contributed by atoms with Gasteiger partial charge in [0.2, 0.25) is 15.9 Å². The Kier molecular flexibility index (Phi) is 8.13. The van der Waals surface area contributed by atoms with Gasteiger partial charge >= 0.3 is 0 Å². The average Bonchev–Trinajstić information content (AvgIpc) is 2.80. The second-order valence-electron chi connectivity index (χ2n) is 8.02. The number of carbonyl (C=O) groups excluding carboxylic acids is 3. The summed E-state index contributed by atoms with van der Waals surface area (Å²) in [7, 11) is -3.85. The zero-order chi connectivity index (χ0) is 24.9. The number of primary sulfonamides is 1. The fourth-order valence-corrected chi connectivity index (χ4v) is 4.45. The number of nitrogens with two attached hydrogens (primary N) is 2. The first-order valence-corrected chi connectivity index (χ1v) is 12.5. The monoisotopic (exact) mass is 507 g/mol. The Morgan fingerprint density at radius 2 is 1.56 bits per heavy atom. The van der Waals surface area contributed by atoms with Crippen molar-refractivity contribution in [3.8, 4) is 0 Å². The molecule has 2 aromatic rings. The molecule has 3 amide bonds. The quantitative estimate of drug-likeness (QED) is 0.351. The number of amides is 3. The number of hydrogen-bond donors (Lipinski definition) is 5. The first kappa shape index (κ1) is 25.5. The predicted molar refractivity (Wildman–Crippen MR) is 128 cm³/mol.